The number of carbonyl (C=O) groups is 1. The number of nitrogens with zero attached hydrogens (tertiary/aromatic N) is 3. The highest BCUT2D eigenvalue weighted by Crippen LogP contribution is 2.37. The van der Waals surface area contributed by atoms with Gasteiger partial charge in [0, 0.05) is 19.2 Å². The summed E-state index contributed by atoms with van der Waals surface area (Å²) in [5, 5.41) is -0.574. The zero-order valence-electron chi connectivity index (χ0n) is 16.2. The molecule has 9 nitrogen and oxygen atoms in total. The first-order valence-electron chi connectivity index (χ1n) is 8.76. The lowest BCUT2D eigenvalue weighted by molar-refractivity contribution is -0.137. The second kappa shape index (κ2) is 8.38. The third-order valence-electron chi connectivity index (χ3n) is 4.29. The number of alkyl halides is 3. The van der Waals surface area contributed by atoms with Crippen LogP contribution in [0.5, 0.6) is 11.5 Å². The van der Waals surface area contributed by atoms with E-state index in [0.29, 0.717) is 13.7 Å². The van der Waals surface area contributed by atoms with Crippen molar-refractivity contribution in [2.45, 2.75) is 12.7 Å². The number of amides is 1. The number of hydrogen-bond acceptors (Lipinski definition) is 5. The summed E-state index contributed by atoms with van der Waals surface area (Å²) in [6.07, 6.45) is -4.63. The van der Waals surface area contributed by atoms with Crippen LogP contribution in [-0.4, -0.2) is 19.6 Å². The molecule has 0 saturated heterocycles. The molecule has 0 spiro atoms. The van der Waals surface area contributed by atoms with Gasteiger partial charge in [0.05, 0.1) is 16.3 Å². The first-order chi connectivity index (χ1) is 14.9. The Labute approximate surface area is 181 Å². The minimum atomic E-state index is -4.63. The summed E-state index contributed by atoms with van der Waals surface area (Å²) in [5.41, 5.74) is 0.883. The van der Waals surface area contributed by atoms with Crippen molar-refractivity contribution in [1.82, 2.24) is 13.7 Å². The maximum atomic E-state index is 12.9. The van der Waals surface area contributed by atoms with Crippen molar-refractivity contribution >= 4 is 17.5 Å². The average Bonchev–Trinajstić information content (AvgIpc) is 2.69. The van der Waals surface area contributed by atoms with Crippen molar-refractivity contribution in [3.05, 3.63) is 84.5 Å². The molecule has 3 rings (SSSR count). The van der Waals surface area contributed by atoms with Crippen molar-refractivity contribution in [2.75, 3.05) is 0 Å². The molecule has 0 atom stereocenters. The van der Waals surface area contributed by atoms with Gasteiger partial charge in [-0.05, 0) is 24.3 Å². The fraction of sp³-hybridized carbons (Fsp3) is 0.158. The van der Waals surface area contributed by atoms with Gasteiger partial charge in [0.15, 0.2) is 0 Å². The molecule has 0 bridgehead atoms. The summed E-state index contributed by atoms with van der Waals surface area (Å²) >= 11 is 5.68. The van der Waals surface area contributed by atoms with Gasteiger partial charge in [0.2, 0.25) is 5.91 Å². The van der Waals surface area contributed by atoms with Gasteiger partial charge in [-0.15, -0.1) is 0 Å². The normalized spacial score (nSPS) is 11.4. The van der Waals surface area contributed by atoms with Crippen molar-refractivity contribution in [2.24, 2.45) is 12.8 Å². The molecule has 1 heterocycles. The smallest absolute Gasteiger partial charge is 0.417 e. The minimum Gasteiger partial charge on any atom is -0.457 e. The van der Waals surface area contributed by atoms with Crippen molar-refractivity contribution in [3.8, 4) is 17.2 Å². The van der Waals surface area contributed by atoms with Gasteiger partial charge in [-0.1, -0.05) is 17.7 Å². The fourth-order valence-electron chi connectivity index (χ4n) is 2.82. The van der Waals surface area contributed by atoms with E-state index in [2.05, 4.69) is 0 Å². The predicted octanol–water partition coefficient (Wildman–Crippen LogP) is 1.65. The molecule has 168 valence electrons. The molecule has 13 heteroatoms. The quantitative estimate of drug-likeness (QED) is 0.608. The van der Waals surface area contributed by atoms with Gasteiger partial charge < -0.3 is 10.5 Å². The Kier molecular flexibility index (Phi) is 5.99. The zero-order valence-corrected chi connectivity index (χ0v) is 17.0. The average molecular weight is 471 g/mol. The Balaban J connectivity index is 2.06. The van der Waals surface area contributed by atoms with Crippen LogP contribution >= 0.6 is 11.6 Å². The van der Waals surface area contributed by atoms with Crippen LogP contribution in [0.3, 0.4) is 0 Å². The maximum absolute atomic E-state index is 12.9. The molecular formula is C19H14ClF3N4O5. The van der Waals surface area contributed by atoms with Gasteiger partial charge in [-0.3, -0.25) is 4.79 Å². The van der Waals surface area contributed by atoms with Gasteiger partial charge in [-0.25, -0.2) is 28.1 Å². The van der Waals surface area contributed by atoms with E-state index in [1.165, 1.54) is 24.3 Å². The largest absolute Gasteiger partial charge is 0.457 e. The molecule has 0 unspecified atom stereocenters. The molecule has 2 N–H and O–H groups in total. The van der Waals surface area contributed by atoms with Crippen LogP contribution in [0.15, 0.2) is 56.8 Å². The SMILES string of the molecule is Cn1c(=O)n(CC(N)=O)c(=O)n(-c2cccc(Oc3ccc(C(F)(F)F)c(Cl)c3)c2)c1=O. The van der Waals surface area contributed by atoms with Crippen LogP contribution in [0.1, 0.15) is 5.56 Å². The van der Waals surface area contributed by atoms with Crippen LogP contribution in [0, 0.1) is 0 Å². The fourth-order valence-corrected chi connectivity index (χ4v) is 3.10. The number of benzene rings is 2. The summed E-state index contributed by atoms with van der Waals surface area (Å²) in [7, 11) is 1.11. The molecule has 0 aliphatic rings. The van der Waals surface area contributed by atoms with E-state index in [0.717, 1.165) is 25.2 Å². The number of primary amides is 1. The first kappa shape index (κ1) is 22.9. The van der Waals surface area contributed by atoms with E-state index in [-0.39, 0.29) is 17.2 Å². The van der Waals surface area contributed by atoms with E-state index < -0.39 is 46.3 Å². The van der Waals surface area contributed by atoms with Crippen LogP contribution in [0.2, 0.25) is 5.02 Å². The lowest BCUT2D eigenvalue weighted by Gasteiger charge is -2.13. The van der Waals surface area contributed by atoms with Crippen molar-refractivity contribution in [1.29, 1.82) is 0 Å². The number of carbonyl (C=O) groups excluding carboxylic acids is 1. The van der Waals surface area contributed by atoms with E-state index in [1.807, 2.05) is 0 Å². The molecular weight excluding hydrogens is 457 g/mol. The Morgan fingerprint density at radius 1 is 1.03 bits per heavy atom. The van der Waals surface area contributed by atoms with Gasteiger partial charge >= 0.3 is 23.2 Å². The summed E-state index contributed by atoms with van der Waals surface area (Å²) < 4.78 is 45.8. The molecule has 0 aliphatic carbocycles. The molecule has 0 aliphatic heterocycles. The molecule has 32 heavy (non-hydrogen) atoms. The van der Waals surface area contributed by atoms with E-state index in [4.69, 9.17) is 22.1 Å². The Morgan fingerprint density at radius 2 is 1.69 bits per heavy atom. The Bertz CT molecular complexity index is 1390. The van der Waals surface area contributed by atoms with E-state index in [1.54, 1.807) is 0 Å². The third kappa shape index (κ3) is 4.44. The standard InChI is InChI=1S/C19H14ClF3N4O5/c1-25-16(29)26(9-15(24)28)18(31)27(17(25)30)10-3-2-4-11(7-10)32-12-5-6-13(14(20)8-12)19(21,22)23/h2-8H,9H2,1H3,(H2,24,28). The first-order valence-corrected chi connectivity index (χ1v) is 9.14. The summed E-state index contributed by atoms with van der Waals surface area (Å²) in [4.78, 5) is 48.6. The molecule has 3 aromatic rings. The number of halogens is 4. The van der Waals surface area contributed by atoms with Crippen LogP contribution < -0.4 is 27.5 Å². The summed E-state index contributed by atoms with van der Waals surface area (Å²) in [6, 6.07) is 8.20. The van der Waals surface area contributed by atoms with Gasteiger partial charge in [0.1, 0.15) is 18.0 Å². The zero-order chi connectivity index (χ0) is 23.8. The van der Waals surface area contributed by atoms with Crippen molar-refractivity contribution < 1.29 is 22.7 Å². The second-order valence-corrected chi connectivity index (χ2v) is 6.94. The molecule has 2 aromatic carbocycles. The maximum Gasteiger partial charge on any atom is 0.417 e. The van der Waals surface area contributed by atoms with E-state index in [9.17, 15) is 32.3 Å². The predicted molar refractivity (Wildman–Crippen MR) is 107 cm³/mol. The van der Waals surface area contributed by atoms with E-state index >= 15 is 0 Å². The summed E-state index contributed by atoms with van der Waals surface area (Å²) in [5.74, 6) is -0.940. The number of aromatic nitrogens is 3. The number of rotatable bonds is 5. The number of nitrogens with two attached hydrogens (primary N) is 1. The van der Waals surface area contributed by atoms with Crippen LogP contribution in [0.4, 0.5) is 13.2 Å². The monoisotopic (exact) mass is 470 g/mol. The topological polar surface area (TPSA) is 118 Å². The second-order valence-electron chi connectivity index (χ2n) is 6.53. The van der Waals surface area contributed by atoms with Gasteiger partial charge in [-0.2, -0.15) is 13.2 Å². The highest BCUT2D eigenvalue weighted by atomic mass is 35.5. The molecule has 1 aromatic heterocycles. The lowest BCUT2D eigenvalue weighted by Crippen LogP contribution is -2.54. The third-order valence-corrected chi connectivity index (χ3v) is 4.60. The molecule has 0 radical (unpaired) electrons. The molecule has 1 amide bonds. The van der Waals surface area contributed by atoms with Crippen LogP contribution in [-0.2, 0) is 24.6 Å². The molecule has 0 fully saturated rings. The van der Waals surface area contributed by atoms with Gasteiger partial charge in [0.25, 0.3) is 0 Å². The Morgan fingerprint density at radius 3 is 2.28 bits per heavy atom. The lowest BCUT2D eigenvalue weighted by atomic mass is 10.2. The number of hydrogen-bond donors (Lipinski definition) is 1. The highest BCUT2D eigenvalue weighted by molar-refractivity contribution is 6.31. The van der Waals surface area contributed by atoms with Crippen LogP contribution in [0.25, 0.3) is 5.69 Å². The summed E-state index contributed by atoms with van der Waals surface area (Å²) in [6.45, 7) is -0.744. The molecule has 0 saturated carbocycles. The minimum absolute atomic E-state index is 0.0238. The number of ether oxygens (including phenoxy) is 1. The van der Waals surface area contributed by atoms with Crippen molar-refractivity contribution in [3.63, 3.8) is 0 Å². The highest BCUT2D eigenvalue weighted by Gasteiger charge is 2.33. The Hall–Kier alpha value is -3.80.